The summed E-state index contributed by atoms with van der Waals surface area (Å²) in [5.74, 6) is 0. The van der Waals surface area contributed by atoms with Crippen molar-refractivity contribution in [1.82, 2.24) is 0 Å². The molecule has 1 radical (unpaired) electrons. The molecule has 0 aliphatic heterocycles. The molecular weight excluding hydrogens is 472 g/mol. The lowest BCUT2D eigenvalue weighted by atomic mass is 10.2. The van der Waals surface area contributed by atoms with E-state index in [-0.39, 0.29) is 0 Å². The second kappa shape index (κ2) is 7.18. The Kier molecular flexibility index (Phi) is 7.05. The molecule has 26 heavy (non-hydrogen) atoms. The summed E-state index contributed by atoms with van der Waals surface area (Å²) >= 11 is 0. The third-order valence-electron chi connectivity index (χ3n) is 2.85. The average Bonchev–Trinajstić information content (AvgIpc) is 2.25. The van der Waals surface area contributed by atoms with Crippen LogP contribution in [-0.4, -0.2) is 74.2 Å². The lowest BCUT2D eigenvalue weighted by molar-refractivity contribution is 0.392. The summed E-state index contributed by atoms with van der Waals surface area (Å²) in [6, 6.07) is 0. The molecule has 20 heteroatoms. The zero-order valence-electron chi connectivity index (χ0n) is 12.4. The molecular formula is C6H13O15S5. The zero-order chi connectivity index (χ0) is 21.6. The number of rotatable bonds is 9. The summed E-state index contributed by atoms with van der Waals surface area (Å²) in [6.07, 6.45) is -1.98. The van der Waals surface area contributed by atoms with Crippen molar-refractivity contribution in [2.45, 2.75) is 29.1 Å². The molecule has 5 N–H and O–H groups in total. The Labute approximate surface area is 149 Å². The summed E-state index contributed by atoms with van der Waals surface area (Å²) in [4.78, 5) is 0. The van der Waals surface area contributed by atoms with E-state index >= 15 is 0 Å². The van der Waals surface area contributed by atoms with E-state index < -0.39 is 77.3 Å². The normalized spacial score (nSPS) is 16.6. The van der Waals surface area contributed by atoms with Crippen molar-refractivity contribution < 1.29 is 64.9 Å². The quantitative estimate of drug-likeness (QED) is 0.216. The van der Waals surface area contributed by atoms with Gasteiger partial charge in [-0.1, -0.05) is 13.3 Å². The summed E-state index contributed by atoms with van der Waals surface area (Å²) < 4.78 is 151. The fourth-order valence-electron chi connectivity index (χ4n) is 2.10. The molecule has 0 saturated carbocycles. The van der Waals surface area contributed by atoms with Crippen molar-refractivity contribution in [3.05, 3.63) is 4.58 Å². The fraction of sp³-hybridized carbons (Fsp3) is 0.833. The van der Waals surface area contributed by atoms with Crippen LogP contribution in [0.5, 0.6) is 0 Å². The largest absolute Gasteiger partial charge is 0.303 e. The molecule has 0 aliphatic rings. The highest BCUT2D eigenvalue weighted by atomic mass is 32.3. The van der Waals surface area contributed by atoms with Crippen molar-refractivity contribution in [3.8, 4) is 0 Å². The van der Waals surface area contributed by atoms with Crippen LogP contribution in [0.4, 0.5) is 0 Å². The highest BCUT2D eigenvalue weighted by molar-refractivity contribution is 8.15. The van der Waals surface area contributed by atoms with Crippen molar-refractivity contribution in [3.63, 3.8) is 0 Å². The lowest BCUT2D eigenvalue weighted by Crippen LogP contribution is -2.64. The number of hydrogen-bond acceptors (Lipinski definition) is 10. The van der Waals surface area contributed by atoms with Crippen LogP contribution >= 0.6 is 0 Å². The Morgan fingerprint density at radius 2 is 1.04 bits per heavy atom. The van der Waals surface area contributed by atoms with Crippen LogP contribution in [0.2, 0.25) is 0 Å². The van der Waals surface area contributed by atoms with Gasteiger partial charge in [0.15, 0.2) is 0 Å². The Hall–Kier alpha value is -0.450. The van der Waals surface area contributed by atoms with Crippen LogP contribution in [0.1, 0.15) is 19.8 Å². The van der Waals surface area contributed by atoms with Crippen molar-refractivity contribution in [2.75, 3.05) is 0 Å². The van der Waals surface area contributed by atoms with Crippen molar-refractivity contribution >= 4 is 50.6 Å². The van der Waals surface area contributed by atoms with Gasteiger partial charge < -0.3 is 0 Å². The summed E-state index contributed by atoms with van der Waals surface area (Å²) in [5.41, 5.74) is 0. The Morgan fingerprint density at radius 1 is 0.731 bits per heavy atom. The van der Waals surface area contributed by atoms with Crippen molar-refractivity contribution in [1.29, 1.82) is 0 Å². The van der Waals surface area contributed by atoms with Gasteiger partial charge in [0.2, 0.25) is 0 Å². The minimum atomic E-state index is -6.85. The van der Waals surface area contributed by atoms with E-state index in [1.54, 1.807) is 0 Å². The third-order valence-corrected chi connectivity index (χ3v) is 11.6. The highest BCUT2D eigenvalue weighted by Crippen LogP contribution is 2.46. The van der Waals surface area contributed by atoms with Gasteiger partial charge in [-0.2, -0.15) is 42.1 Å². The summed E-state index contributed by atoms with van der Waals surface area (Å²) in [6.45, 7) is 1.01. The Bertz CT molecular complexity index is 993. The van der Waals surface area contributed by atoms with E-state index in [0.717, 1.165) is 6.92 Å². The van der Waals surface area contributed by atoms with Gasteiger partial charge in [0.1, 0.15) is 5.25 Å². The van der Waals surface area contributed by atoms with Gasteiger partial charge in [-0.25, -0.2) is 0 Å². The highest BCUT2D eigenvalue weighted by Gasteiger charge is 2.76. The molecule has 0 fully saturated rings. The zero-order valence-corrected chi connectivity index (χ0v) is 16.4. The lowest BCUT2D eigenvalue weighted by Gasteiger charge is -2.35. The van der Waals surface area contributed by atoms with Gasteiger partial charge in [-0.3, -0.25) is 22.8 Å². The first-order valence-corrected chi connectivity index (χ1v) is 13.0. The molecule has 0 aromatic heterocycles. The maximum atomic E-state index is 11.7. The van der Waals surface area contributed by atoms with E-state index in [0.29, 0.717) is 0 Å². The molecule has 0 bridgehead atoms. The SMILES string of the molecule is CCCC(C([C](S(=O)(=O)O)S(=O)(=O)O)(S(=O)(=O)O)S(=O)(=O)O)S(=O)(=O)O. The molecule has 0 aromatic rings. The van der Waals surface area contributed by atoms with E-state index in [2.05, 4.69) is 0 Å². The molecule has 0 aliphatic carbocycles. The second-order valence-corrected chi connectivity index (χ2v) is 12.7. The molecule has 1 atom stereocenters. The predicted octanol–water partition coefficient (Wildman–Crippen LogP) is -2.22. The molecule has 0 amide bonds. The Balaban J connectivity index is 8.08. The minimum Gasteiger partial charge on any atom is -0.285 e. The smallest absolute Gasteiger partial charge is 0.285 e. The first-order chi connectivity index (χ1) is 11.1. The molecule has 0 rings (SSSR count). The van der Waals surface area contributed by atoms with Crippen molar-refractivity contribution in [2.24, 2.45) is 0 Å². The van der Waals surface area contributed by atoms with Gasteiger partial charge in [-0.05, 0) is 6.42 Å². The molecule has 15 nitrogen and oxygen atoms in total. The second-order valence-electron chi connectivity index (χ2n) is 4.65. The van der Waals surface area contributed by atoms with Crippen LogP contribution in [0.15, 0.2) is 0 Å². The third kappa shape index (κ3) is 4.69. The molecule has 0 saturated heterocycles. The first kappa shape index (κ1) is 25.6. The number of hydrogen-bond donors (Lipinski definition) is 5. The first-order valence-electron chi connectivity index (χ1n) is 5.79. The molecule has 1 unspecified atom stereocenters. The van der Waals surface area contributed by atoms with Crippen LogP contribution in [0.3, 0.4) is 0 Å². The molecule has 0 spiro atoms. The maximum absolute atomic E-state index is 11.7. The van der Waals surface area contributed by atoms with Crippen LogP contribution in [0, 0.1) is 4.58 Å². The standard InChI is InChI=1S/C6H13O15S5/c1-2-3-4(22(7,8)9)6(25(16,17)18,26(19,20)21)5(23(10,11)12)24(13,14)15/h4H,2-3H2,1H3,(H,7,8,9)(H,10,11,12)(H,13,14,15)(H,16,17,18)(H,19,20,21). The molecule has 0 heterocycles. The molecule has 0 aromatic carbocycles. The monoisotopic (exact) mass is 485 g/mol. The summed E-state index contributed by atoms with van der Waals surface area (Å²) in [5, 5.41) is -3.59. The van der Waals surface area contributed by atoms with Gasteiger partial charge in [0.05, 0.1) is 0 Å². The van der Waals surface area contributed by atoms with E-state index in [1.165, 1.54) is 0 Å². The average molecular weight is 485 g/mol. The Morgan fingerprint density at radius 3 is 1.19 bits per heavy atom. The van der Waals surface area contributed by atoms with Crippen LogP contribution in [0.25, 0.3) is 0 Å². The van der Waals surface area contributed by atoms with E-state index in [1.807, 2.05) is 0 Å². The fourth-order valence-corrected chi connectivity index (χ4v) is 11.7. The summed E-state index contributed by atoms with van der Waals surface area (Å²) in [7, 11) is -33.1. The topological polar surface area (TPSA) is 272 Å². The maximum Gasteiger partial charge on any atom is 0.303 e. The van der Waals surface area contributed by atoms with Gasteiger partial charge in [0, 0.05) is 0 Å². The van der Waals surface area contributed by atoms with Gasteiger partial charge in [-0.15, -0.1) is 0 Å². The van der Waals surface area contributed by atoms with Gasteiger partial charge >= 0.3 is 4.58 Å². The van der Waals surface area contributed by atoms with E-state index in [9.17, 15) is 51.2 Å². The van der Waals surface area contributed by atoms with Gasteiger partial charge in [0.25, 0.3) is 54.7 Å². The van der Waals surface area contributed by atoms with Crippen LogP contribution < -0.4 is 0 Å². The molecule has 157 valence electrons. The van der Waals surface area contributed by atoms with E-state index in [4.69, 9.17) is 13.7 Å². The minimum absolute atomic E-state index is 0.596. The predicted molar refractivity (Wildman–Crippen MR) is 82.4 cm³/mol. The van der Waals surface area contributed by atoms with Crippen LogP contribution in [-0.2, 0) is 50.6 Å².